The third kappa shape index (κ3) is 6.26. The van der Waals surface area contributed by atoms with E-state index in [4.69, 9.17) is 30.1 Å². The van der Waals surface area contributed by atoms with Crippen molar-refractivity contribution in [2.75, 3.05) is 18.9 Å². The molecule has 2 unspecified atom stereocenters. The van der Waals surface area contributed by atoms with Crippen molar-refractivity contribution in [3.05, 3.63) is 63.0 Å². The van der Waals surface area contributed by atoms with E-state index in [1.54, 1.807) is 31.2 Å². The van der Waals surface area contributed by atoms with Crippen molar-refractivity contribution in [3.8, 4) is 5.75 Å². The van der Waals surface area contributed by atoms with Gasteiger partial charge in [-0.05, 0) is 49.1 Å². The van der Waals surface area contributed by atoms with E-state index in [0.717, 1.165) is 21.2 Å². The molecule has 6 atom stereocenters. The van der Waals surface area contributed by atoms with Crippen molar-refractivity contribution in [1.29, 1.82) is 0 Å². The van der Waals surface area contributed by atoms with Crippen molar-refractivity contribution >= 4 is 20.0 Å². The summed E-state index contributed by atoms with van der Waals surface area (Å²) in [5.74, 6) is -0.629. The average molecular weight is 552 g/mol. The molecule has 0 amide bonds. The largest absolute Gasteiger partial charge is 0.653 e. The second-order valence-electron chi connectivity index (χ2n) is 8.17. The number of hydroxylamine groups is 1. The van der Waals surface area contributed by atoms with Crippen LogP contribution in [0.1, 0.15) is 25.6 Å². The number of carbonyl (C=O) groups excluding carboxylic acids is 1. The summed E-state index contributed by atoms with van der Waals surface area (Å²) in [6, 6.07) is 6.64. The molecule has 38 heavy (non-hydrogen) atoms. The number of esters is 1. The fourth-order valence-electron chi connectivity index (χ4n) is 3.44. The Labute approximate surface area is 217 Å². The molecular formula is C21H27N7O9P+. The van der Waals surface area contributed by atoms with Gasteiger partial charge in [-0.25, -0.2) is 4.79 Å². The summed E-state index contributed by atoms with van der Waals surface area (Å²) in [6.45, 7) is 4.00. The molecule has 1 aromatic carbocycles. The number of nitrogens with zero attached hydrogens (tertiary/aromatic N) is 6. The average Bonchev–Trinajstić information content (AvgIpc) is 3.12. The number of hydrogen-bond acceptors (Lipinski definition) is 12. The van der Waals surface area contributed by atoms with Gasteiger partial charge in [-0.2, -0.15) is 4.98 Å². The molecular weight excluding hydrogens is 525 g/mol. The normalized spacial score (nSPS) is 23.9. The lowest BCUT2D eigenvalue weighted by atomic mass is 10.1. The molecule has 4 N–H and O–H groups in total. The van der Waals surface area contributed by atoms with E-state index in [2.05, 4.69) is 15.0 Å². The maximum atomic E-state index is 13.2. The fraction of sp³-hybridized carbons (Fsp3) is 0.476. The second kappa shape index (κ2) is 12.3. The van der Waals surface area contributed by atoms with Crippen molar-refractivity contribution in [3.63, 3.8) is 0 Å². The van der Waals surface area contributed by atoms with Gasteiger partial charge in [0, 0.05) is 11.1 Å². The van der Waals surface area contributed by atoms with Crippen LogP contribution in [0.5, 0.6) is 5.75 Å². The molecule has 1 saturated heterocycles. The monoisotopic (exact) mass is 552 g/mol. The third-order valence-electron chi connectivity index (χ3n) is 5.46. The second-order valence-corrected chi connectivity index (χ2v) is 9.29. The van der Waals surface area contributed by atoms with E-state index in [1.807, 2.05) is 6.92 Å². The summed E-state index contributed by atoms with van der Waals surface area (Å²) in [5.41, 5.74) is 12.3. The summed E-state index contributed by atoms with van der Waals surface area (Å²) in [4.78, 5) is 37.2. The minimum atomic E-state index is -3.02. The van der Waals surface area contributed by atoms with Gasteiger partial charge in [0.1, 0.15) is 29.5 Å². The standard InChI is InChI=1S/C21H26N7O9P/c1-4-34-19(31)13(3)28(37-14-7-5-12(2)6-8-14)38(33)35-11-21(25-26-23)17(30)16(29)18(36-21)27-10-9-15(22)24-20(27)32/h5-10,13,16-18,29-30H,4,11H2,1-3H3,(H-,22,24,32)/p+1/t13?,16-,17+,18-,21-/m1/s1. The van der Waals surface area contributed by atoms with Crippen molar-refractivity contribution in [2.24, 2.45) is 5.11 Å². The first-order valence-corrected chi connectivity index (χ1v) is 12.4. The Kier molecular flexibility index (Phi) is 9.36. The van der Waals surface area contributed by atoms with Gasteiger partial charge in [0.15, 0.2) is 18.0 Å². The zero-order valence-electron chi connectivity index (χ0n) is 20.6. The van der Waals surface area contributed by atoms with E-state index in [9.17, 15) is 24.4 Å². The Bertz CT molecular complexity index is 1270. The first-order valence-electron chi connectivity index (χ1n) is 11.3. The van der Waals surface area contributed by atoms with E-state index < -0.39 is 56.6 Å². The number of aliphatic hydroxyl groups is 2. The lowest BCUT2D eigenvalue weighted by Crippen LogP contribution is -2.45. The molecule has 0 radical (unpaired) electrons. The van der Waals surface area contributed by atoms with Gasteiger partial charge >= 0.3 is 19.8 Å². The highest BCUT2D eigenvalue weighted by molar-refractivity contribution is 7.36. The van der Waals surface area contributed by atoms with Crippen LogP contribution in [0.15, 0.2) is 46.4 Å². The first kappa shape index (κ1) is 28.9. The zero-order chi connectivity index (χ0) is 28.0. The first-order chi connectivity index (χ1) is 18.0. The number of hydrogen-bond donors (Lipinski definition) is 3. The molecule has 1 aliphatic rings. The number of nitrogen functional groups attached to an aromatic ring is 1. The van der Waals surface area contributed by atoms with Crippen LogP contribution in [-0.4, -0.2) is 67.8 Å². The number of benzene rings is 1. The number of rotatable bonds is 11. The number of aryl methyl sites for hydroxylation is 1. The zero-order valence-corrected chi connectivity index (χ0v) is 21.5. The van der Waals surface area contributed by atoms with E-state index in [1.165, 1.54) is 13.0 Å². The number of ether oxygens (including phenoxy) is 2. The predicted octanol–water partition coefficient (Wildman–Crippen LogP) is 1.31. The van der Waals surface area contributed by atoms with Gasteiger partial charge in [-0.1, -0.05) is 22.8 Å². The van der Waals surface area contributed by atoms with Crippen LogP contribution in [0.25, 0.3) is 10.4 Å². The van der Waals surface area contributed by atoms with Gasteiger partial charge in [0.25, 0.3) is 0 Å². The minimum Gasteiger partial charge on any atom is -0.465 e. The van der Waals surface area contributed by atoms with Crippen molar-refractivity contribution in [1.82, 2.24) is 14.4 Å². The van der Waals surface area contributed by atoms with E-state index >= 15 is 0 Å². The van der Waals surface area contributed by atoms with Crippen molar-refractivity contribution < 1.29 is 38.4 Å². The molecule has 0 saturated carbocycles. The van der Waals surface area contributed by atoms with Gasteiger partial charge < -0.3 is 30.3 Å². The summed E-state index contributed by atoms with van der Waals surface area (Å²) >= 11 is 0. The molecule has 2 aromatic rings. The highest BCUT2D eigenvalue weighted by atomic mass is 31.1. The molecule has 0 aliphatic carbocycles. The maximum Gasteiger partial charge on any atom is 0.653 e. The van der Waals surface area contributed by atoms with E-state index in [-0.39, 0.29) is 18.2 Å². The summed E-state index contributed by atoms with van der Waals surface area (Å²) in [5, 5.41) is 24.7. The summed E-state index contributed by atoms with van der Waals surface area (Å²) in [7, 11) is -3.02. The number of aliphatic hydroxyl groups excluding tert-OH is 2. The van der Waals surface area contributed by atoms with Crippen LogP contribution in [0.4, 0.5) is 5.82 Å². The van der Waals surface area contributed by atoms with E-state index in [0.29, 0.717) is 0 Å². The van der Waals surface area contributed by atoms with Gasteiger partial charge in [0.2, 0.25) is 5.72 Å². The topological polar surface area (TPSA) is 224 Å². The number of aromatic nitrogens is 2. The molecule has 1 aromatic heterocycles. The van der Waals surface area contributed by atoms with Gasteiger partial charge in [-0.15, -0.1) is 4.52 Å². The SMILES string of the molecule is CCOC(=O)C(C)N(Oc1ccc(C)cc1)[P+](=O)OC[C@@]1(N=[N+]=[N-])O[C@@H](n2ccc(N)nc2=O)[C@H](O)[C@@H]1O. The summed E-state index contributed by atoms with van der Waals surface area (Å²) in [6.07, 6.45) is -4.11. The Morgan fingerprint density at radius 2 is 2.08 bits per heavy atom. The Morgan fingerprint density at radius 1 is 1.39 bits per heavy atom. The smallest absolute Gasteiger partial charge is 0.465 e. The highest BCUT2D eigenvalue weighted by Crippen LogP contribution is 2.41. The van der Waals surface area contributed by atoms with Crippen LogP contribution in [0.3, 0.4) is 0 Å². The van der Waals surface area contributed by atoms with Crippen LogP contribution in [0.2, 0.25) is 0 Å². The lowest BCUT2D eigenvalue weighted by molar-refractivity contribution is -0.155. The molecule has 17 heteroatoms. The van der Waals surface area contributed by atoms with Crippen LogP contribution in [0, 0.1) is 6.92 Å². The minimum absolute atomic E-state index is 0.0534. The van der Waals surface area contributed by atoms with Crippen LogP contribution < -0.4 is 16.3 Å². The molecule has 16 nitrogen and oxygen atoms in total. The lowest BCUT2D eigenvalue weighted by Gasteiger charge is -2.24. The molecule has 3 rings (SSSR count). The van der Waals surface area contributed by atoms with Crippen LogP contribution in [-0.2, 0) is 23.4 Å². The number of carbonyl (C=O) groups is 1. The third-order valence-corrected chi connectivity index (χ3v) is 6.56. The molecule has 1 aliphatic heterocycles. The Balaban J connectivity index is 1.85. The predicted molar refractivity (Wildman–Crippen MR) is 130 cm³/mol. The fourth-order valence-corrected chi connectivity index (χ4v) is 4.38. The molecule has 204 valence electrons. The summed E-state index contributed by atoms with van der Waals surface area (Å²) < 4.78 is 30.0. The van der Waals surface area contributed by atoms with Gasteiger partial charge in [0.05, 0.1) is 6.61 Å². The van der Waals surface area contributed by atoms with Crippen LogP contribution >= 0.6 is 8.18 Å². The Morgan fingerprint density at radius 3 is 2.68 bits per heavy atom. The number of nitrogens with two attached hydrogens (primary N) is 1. The molecule has 1 fully saturated rings. The quantitative estimate of drug-likeness (QED) is 0.0896. The van der Waals surface area contributed by atoms with Crippen molar-refractivity contribution in [2.45, 2.75) is 51.0 Å². The number of azide groups is 1. The highest BCUT2D eigenvalue weighted by Gasteiger charge is 2.57. The van der Waals surface area contributed by atoms with Gasteiger partial charge in [-0.3, -0.25) is 9.36 Å². The Hall–Kier alpha value is -3.62. The number of anilines is 1. The molecule has 2 heterocycles. The molecule has 0 spiro atoms. The maximum absolute atomic E-state index is 13.2. The molecule has 0 bridgehead atoms.